The SMILES string of the molecule is Cc1ccc(N(C)C)n2ncnc12. The Morgan fingerprint density at radius 2 is 2.08 bits per heavy atom. The molecule has 0 aliphatic carbocycles. The van der Waals surface area contributed by atoms with Crippen molar-refractivity contribution >= 4 is 11.5 Å². The van der Waals surface area contributed by atoms with Crippen LogP contribution in [0.25, 0.3) is 5.65 Å². The number of pyridine rings is 1. The third kappa shape index (κ3) is 1.14. The zero-order valence-corrected chi connectivity index (χ0v) is 8.02. The van der Waals surface area contributed by atoms with Crippen molar-refractivity contribution in [1.29, 1.82) is 0 Å². The third-order valence-electron chi connectivity index (χ3n) is 2.06. The Bertz CT molecular complexity index is 430. The van der Waals surface area contributed by atoms with Crippen LogP contribution in [0.2, 0.25) is 0 Å². The molecule has 2 aromatic rings. The average molecular weight is 176 g/mol. The predicted molar refractivity (Wildman–Crippen MR) is 52.1 cm³/mol. The van der Waals surface area contributed by atoms with Crippen LogP contribution in [0.4, 0.5) is 5.82 Å². The molecule has 0 aromatic carbocycles. The number of anilines is 1. The summed E-state index contributed by atoms with van der Waals surface area (Å²) in [4.78, 5) is 6.20. The van der Waals surface area contributed by atoms with Crippen LogP contribution in [0, 0.1) is 6.92 Å². The molecule has 0 unspecified atom stereocenters. The van der Waals surface area contributed by atoms with E-state index >= 15 is 0 Å². The van der Waals surface area contributed by atoms with E-state index in [-0.39, 0.29) is 0 Å². The van der Waals surface area contributed by atoms with Gasteiger partial charge in [-0.25, -0.2) is 4.98 Å². The molecule has 2 heterocycles. The summed E-state index contributed by atoms with van der Waals surface area (Å²) in [5, 5.41) is 4.16. The van der Waals surface area contributed by atoms with Crippen molar-refractivity contribution in [2.45, 2.75) is 6.92 Å². The van der Waals surface area contributed by atoms with E-state index in [9.17, 15) is 0 Å². The molecule has 0 aliphatic heterocycles. The second-order valence-corrected chi connectivity index (χ2v) is 3.26. The van der Waals surface area contributed by atoms with Gasteiger partial charge < -0.3 is 4.90 Å². The maximum absolute atomic E-state index is 4.19. The lowest BCUT2D eigenvalue weighted by Crippen LogP contribution is -2.13. The molecule has 0 radical (unpaired) electrons. The molecule has 13 heavy (non-hydrogen) atoms. The molecule has 4 heteroatoms. The maximum atomic E-state index is 4.19. The molecule has 0 N–H and O–H groups in total. The number of aryl methyl sites for hydroxylation is 1. The van der Waals surface area contributed by atoms with Gasteiger partial charge in [-0.1, -0.05) is 6.07 Å². The van der Waals surface area contributed by atoms with Crippen molar-refractivity contribution in [3.8, 4) is 0 Å². The smallest absolute Gasteiger partial charge is 0.160 e. The summed E-state index contributed by atoms with van der Waals surface area (Å²) < 4.78 is 1.84. The first kappa shape index (κ1) is 8.04. The lowest BCUT2D eigenvalue weighted by atomic mass is 10.3. The van der Waals surface area contributed by atoms with E-state index in [1.165, 1.54) is 0 Å². The van der Waals surface area contributed by atoms with Gasteiger partial charge in [0.25, 0.3) is 0 Å². The molecule has 0 aliphatic rings. The number of hydrogen-bond donors (Lipinski definition) is 0. The van der Waals surface area contributed by atoms with Gasteiger partial charge in [0.05, 0.1) is 0 Å². The minimum atomic E-state index is 0.922. The standard InChI is InChI=1S/C9H12N4/c1-7-4-5-8(12(2)3)13-9(7)10-6-11-13/h4-6H,1-3H3. The molecule has 0 saturated carbocycles. The van der Waals surface area contributed by atoms with Crippen molar-refractivity contribution < 1.29 is 0 Å². The fourth-order valence-electron chi connectivity index (χ4n) is 1.36. The predicted octanol–water partition coefficient (Wildman–Crippen LogP) is 1.10. The second-order valence-electron chi connectivity index (χ2n) is 3.26. The first-order chi connectivity index (χ1) is 6.20. The van der Waals surface area contributed by atoms with Crippen LogP contribution in [-0.2, 0) is 0 Å². The number of nitrogens with zero attached hydrogens (tertiary/aromatic N) is 4. The minimum Gasteiger partial charge on any atom is -0.363 e. The minimum absolute atomic E-state index is 0.922. The molecule has 0 bridgehead atoms. The summed E-state index contributed by atoms with van der Waals surface area (Å²) in [5.74, 6) is 1.04. The fourth-order valence-corrected chi connectivity index (χ4v) is 1.36. The molecule has 0 spiro atoms. The zero-order chi connectivity index (χ0) is 9.42. The van der Waals surface area contributed by atoms with Gasteiger partial charge >= 0.3 is 0 Å². The van der Waals surface area contributed by atoms with Gasteiger partial charge in [-0.3, -0.25) is 0 Å². The summed E-state index contributed by atoms with van der Waals surface area (Å²) >= 11 is 0. The Balaban J connectivity index is 2.78. The van der Waals surface area contributed by atoms with Crippen LogP contribution >= 0.6 is 0 Å². The summed E-state index contributed by atoms with van der Waals surface area (Å²) in [7, 11) is 3.98. The van der Waals surface area contributed by atoms with Crippen molar-refractivity contribution in [1.82, 2.24) is 14.6 Å². The number of hydrogen-bond acceptors (Lipinski definition) is 3. The summed E-state index contributed by atoms with van der Waals surface area (Å²) in [5.41, 5.74) is 2.06. The molecule has 68 valence electrons. The van der Waals surface area contributed by atoms with E-state index < -0.39 is 0 Å². The van der Waals surface area contributed by atoms with Crippen LogP contribution in [0.15, 0.2) is 18.5 Å². The van der Waals surface area contributed by atoms with Crippen LogP contribution in [0.5, 0.6) is 0 Å². The molecule has 2 aromatic heterocycles. The lowest BCUT2D eigenvalue weighted by Gasteiger charge is -2.13. The Hall–Kier alpha value is -1.58. The number of aromatic nitrogens is 3. The highest BCUT2D eigenvalue weighted by molar-refractivity contribution is 5.54. The molecule has 4 nitrogen and oxygen atoms in total. The van der Waals surface area contributed by atoms with Crippen LogP contribution in [0.3, 0.4) is 0 Å². The van der Waals surface area contributed by atoms with Crippen LogP contribution in [-0.4, -0.2) is 28.7 Å². The molecular formula is C9H12N4. The van der Waals surface area contributed by atoms with Crippen molar-refractivity contribution in [3.63, 3.8) is 0 Å². The largest absolute Gasteiger partial charge is 0.363 e. The third-order valence-corrected chi connectivity index (χ3v) is 2.06. The highest BCUT2D eigenvalue weighted by atomic mass is 15.3. The topological polar surface area (TPSA) is 33.4 Å². The van der Waals surface area contributed by atoms with E-state index in [1.54, 1.807) is 6.33 Å². The molecule has 0 atom stereocenters. The molecule has 0 saturated heterocycles. The Kier molecular flexibility index (Phi) is 1.69. The fraction of sp³-hybridized carbons (Fsp3) is 0.333. The van der Waals surface area contributed by atoms with Gasteiger partial charge in [0.15, 0.2) is 5.65 Å². The van der Waals surface area contributed by atoms with E-state index in [1.807, 2.05) is 36.5 Å². The number of fused-ring (bicyclic) bond motifs is 1. The summed E-state index contributed by atoms with van der Waals surface area (Å²) in [6.45, 7) is 2.03. The Labute approximate surface area is 76.8 Å². The second kappa shape index (κ2) is 2.73. The van der Waals surface area contributed by atoms with Gasteiger partial charge in [0, 0.05) is 14.1 Å². The van der Waals surface area contributed by atoms with Crippen molar-refractivity contribution in [2.75, 3.05) is 19.0 Å². The molecule has 0 fully saturated rings. The van der Waals surface area contributed by atoms with Gasteiger partial charge in [0.2, 0.25) is 0 Å². The van der Waals surface area contributed by atoms with E-state index in [2.05, 4.69) is 16.1 Å². The Morgan fingerprint density at radius 3 is 2.77 bits per heavy atom. The van der Waals surface area contributed by atoms with Crippen LogP contribution in [0.1, 0.15) is 5.56 Å². The first-order valence-electron chi connectivity index (χ1n) is 4.17. The molecular weight excluding hydrogens is 164 g/mol. The first-order valence-corrected chi connectivity index (χ1v) is 4.17. The van der Waals surface area contributed by atoms with Gasteiger partial charge in [-0.05, 0) is 18.6 Å². The quantitative estimate of drug-likeness (QED) is 0.652. The van der Waals surface area contributed by atoms with Gasteiger partial charge in [0.1, 0.15) is 12.1 Å². The van der Waals surface area contributed by atoms with Gasteiger partial charge in [-0.2, -0.15) is 9.61 Å². The van der Waals surface area contributed by atoms with Gasteiger partial charge in [-0.15, -0.1) is 0 Å². The highest BCUT2D eigenvalue weighted by Crippen LogP contribution is 2.15. The normalized spacial score (nSPS) is 10.7. The number of rotatable bonds is 1. The molecule has 0 amide bonds. The lowest BCUT2D eigenvalue weighted by molar-refractivity contribution is 0.909. The monoisotopic (exact) mass is 176 g/mol. The van der Waals surface area contributed by atoms with E-state index in [0.29, 0.717) is 0 Å². The zero-order valence-electron chi connectivity index (χ0n) is 8.02. The Morgan fingerprint density at radius 1 is 1.31 bits per heavy atom. The summed E-state index contributed by atoms with van der Waals surface area (Å²) in [6, 6.07) is 4.09. The van der Waals surface area contributed by atoms with Crippen LogP contribution < -0.4 is 4.90 Å². The van der Waals surface area contributed by atoms with Crippen molar-refractivity contribution in [3.05, 3.63) is 24.0 Å². The maximum Gasteiger partial charge on any atom is 0.160 e. The molecule has 2 rings (SSSR count). The average Bonchev–Trinajstić information content (AvgIpc) is 2.53. The highest BCUT2D eigenvalue weighted by Gasteiger charge is 2.05. The van der Waals surface area contributed by atoms with E-state index in [0.717, 1.165) is 17.0 Å². The van der Waals surface area contributed by atoms with E-state index in [4.69, 9.17) is 0 Å². The van der Waals surface area contributed by atoms with Crippen molar-refractivity contribution in [2.24, 2.45) is 0 Å². The summed E-state index contributed by atoms with van der Waals surface area (Å²) in [6.07, 6.45) is 1.58.